The Morgan fingerprint density at radius 2 is 1.43 bits per heavy atom. The molecule has 150 valence electrons. The summed E-state index contributed by atoms with van der Waals surface area (Å²) in [6.07, 6.45) is 2.89. The molecule has 0 radical (unpaired) electrons. The van der Waals surface area contributed by atoms with Gasteiger partial charge in [-0.25, -0.2) is 4.79 Å². The van der Waals surface area contributed by atoms with Crippen LogP contribution in [0.25, 0.3) is 6.08 Å². The van der Waals surface area contributed by atoms with Gasteiger partial charge in [-0.2, -0.15) is 0 Å². The van der Waals surface area contributed by atoms with Crippen molar-refractivity contribution >= 4 is 46.7 Å². The van der Waals surface area contributed by atoms with Gasteiger partial charge in [0.15, 0.2) is 5.78 Å². The largest absolute Gasteiger partial charge is 0.423 e. The zero-order valence-corrected chi connectivity index (χ0v) is 16.8. The second-order valence-corrected chi connectivity index (χ2v) is 6.87. The van der Waals surface area contributed by atoms with E-state index in [4.69, 9.17) is 27.9 Å². The minimum atomic E-state index is -0.669. The van der Waals surface area contributed by atoms with Gasteiger partial charge in [0.25, 0.3) is 5.69 Å². The fourth-order valence-corrected chi connectivity index (χ4v) is 3.02. The number of esters is 1. The fourth-order valence-electron chi connectivity index (χ4n) is 2.50. The predicted molar refractivity (Wildman–Crippen MR) is 114 cm³/mol. The summed E-state index contributed by atoms with van der Waals surface area (Å²) in [7, 11) is 0. The number of hydrogen-bond donors (Lipinski definition) is 0. The highest BCUT2D eigenvalue weighted by atomic mass is 35.5. The molecule has 3 aromatic rings. The number of ketones is 1. The van der Waals surface area contributed by atoms with Crippen molar-refractivity contribution in [3.8, 4) is 5.75 Å². The van der Waals surface area contributed by atoms with Gasteiger partial charge in [0.05, 0.1) is 10.5 Å². The molecule has 0 aliphatic rings. The third kappa shape index (κ3) is 5.11. The van der Waals surface area contributed by atoms with Crippen molar-refractivity contribution in [1.29, 1.82) is 0 Å². The fraction of sp³-hybridized carbons (Fsp3) is 0. The number of carbonyl (C=O) groups is 2. The molecular weight excluding hydrogens is 429 g/mol. The lowest BCUT2D eigenvalue weighted by molar-refractivity contribution is -0.384. The molecule has 0 saturated carbocycles. The monoisotopic (exact) mass is 441 g/mol. The highest BCUT2D eigenvalue weighted by Gasteiger charge is 2.12. The number of hydrogen-bond acceptors (Lipinski definition) is 5. The van der Waals surface area contributed by atoms with Crippen LogP contribution in [0.5, 0.6) is 5.75 Å². The Balaban J connectivity index is 1.67. The molecule has 0 aromatic heterocycles. The van der Waals surface area contributed by atoms with Crippen LogP contribution in [0, 0.1) is 10.1 Å². The van der Waals surface area contributed by atoms with Crippen LogP contribution in [0.1, 0.15) is 26.3 Å². The van der Waals surface area contributed by atoms with Gasteiger partial charge in [-0.05, 0) is 60.7 Å². The van der Waals surface area contributed by atoms with E-state index in [1.807, 2.05) is 0 Å². The Kier molecular flexibility index (Phi) is 6.61. The van der Waals surface area contributed by atoms with Gasteiger partial charge in [-0.15, -0.1) is 0 Å². The van der Waals surface area contributed by atoms with E-state index in [0.717, 1.165) is 0 Å². The summed E-state index contributed by atoms with van der Waals surface area (Å²) in [4.78, 5) is 34.6. The highest BCUT2D eigenvalue weighted by molar-refractivity contribution is 6.37. The summed E-state index contributed by atoms with van der Waals surface area (Å²) >= 11 is 12.1. The first-order valence-electron chi connectivity index (χ1n) is 8.58. The van der Waals surface area contributed by atoms with Crippen molar-refractivity contribution in [2.75, 3.05) is 0 Å². The predicted octanol–water partition coefficient (Wildman–Crippen LogP) is 6.02. The van der Waals surface area contributed by atoms with Crippen molar-refractivity contribution in [3.05, 3.63) is 110 Å². The van der Waals surface area contributed by atoms with Gasteiger partial charge in [-0.1, -0.05) is 29.3 Å². The lowest BCUT2D eigenvalue weighted by Crippen LogP contribution is -2.08. The first-order chi connectivity index (χ1) is 14.3. The van der Waals surface area contributed by atoms with Crippen molar-refractivity contribution in [2.45, 2.75) is 0 Å². The van der Waals surface area contributed by atoms with E-state index in [1.54, 1.807) is 18.2 Å². The number of carbonyl (C=O) groups excluding carboxylic acids is 2. The number of allylic oxidation sites excluding steroid dienone is 1. The number of halogens is 2. The van der Waals surface area contributed by atoms with Crippen LogP contribution in [0.3, 0.4) is 0 Å². The van der Waals surface area contributed by atoms with Crippen LogP contribution < -0.4 is 4.74 Å². The number of benzene rings is 3. The van der Waals surface area contributed by atoms with Crippen LogP contribution >= 0.6 is 23.2 Å². The number of rotatable bonds is 6. The second kappa shape index (κ2) is 9.35. The average molecular weight is 442 g/mol. The Labute approximate surface area is 181 Å². The minimum Gasteiger partial charge on any atom is -0.423 e. The van der Waals surface area contributed by atoms with Gasteiger partial charge >= 0.3 is 5.97 Å². The van der Waals surface area contributed by atoms with Crippen LogP contribution in [-0.4, -0.2) is 16.7 Å². The molecule has 0 unspecified atom stereocenters. The van der Waals surface area contributed by atoms with Crippen molar-refractivity contribution in [3.63, 3.8) is 0 Å². The van der Waals surface area contributed by atoms with Crippen LogP contribution in [0.2, 0.25) is 10.0 Å². The number of ether oxygens (including phenoxy) is 1. The van der Waals surface area contributed by atoms with E-state index in [-0.39, 0.29) is 22.8 Å². The molecule has 0 bridgehead atoms. The number of nitro benzene ring substituents is 1. The molecule has 0 aliphatic heterocycles. The maximum absolute atomic E-state index is 12.3. The molecule has 6 nitrogen and oxygen atoms in total. The third-order valence-electron chi connectivity index (χ3n) is 4.06. The summed E-state index contributed by atoms with van der Waals surface area (Å²) in [6, 6.07) is 16.1. The number of non-ortho nitro benzene ring substituents is 1. The zero-order valence-electron chi connectivity index (χ0n) is 15.2. The van der Waals surface area contributed by atoms with Crippen LogP contribution in [0.4, 0.5) is 5.69 Å². The smallest absolute Gasteiger partial charge is 0.343 e. The van der Waals surface area contributed by atoms with E-state index in [2.05, 4.69) is 0 Å². The molecular formula is C22H13Cl2NO5. The SMILES string of the molecule is O=C(/C=C/c1c(Cl)cccc1Cl)c1ccc(OC(=O)c2ccc([N+](=O)[O-])cc2)cc1. The molecule has 0 aliphatic carbocycles. The molecule has 0 N–H and O–H groups in total. The molecule has 0 spiro atoms. The van der Waals surface area contributed by atoms with Crippen molar-refractivity contribution in [1.82, 2.24) is 0 Å². The topological polar surface area (TPSA) is 86.5 Å². The summed E-state index contributed by atoms with van der Waals surface area (Å²) in [6.45, 7) is 0. The molecule has 30 heavy (non-hydrogen) atoms. The molecule has 3 aromatic carbocycles. The Morgan fingerprint density at radius 1 is 0.867 bits per heavy atom. The van der Waals surface area contributed by atoms with Gasteiger partial charge in [0.2, 0.25) is 0 Å². The maximum atomic E-state index is 12.3. The summed E-state index contributed by atoms with van der Waals surface area (Å²) in [5, 5.41) is 11.5. The minimum absolute atomic E-state index is 0.124. The molecule has 0 atom stereocenters. The van der Waals surface area contributed by atoms with Crippen molar-refractivity contribution in [2.24, 2.45) is 0 Å². The molecule has 8 heteroatoms. The van der Waals surface area contributed by atoms with Crippen molar-refractivity contribution < 1.29 is 19.2 Å². The normalized spacial score (nSPS) is 10.7. The summed E-state index contributed by atoms with van der Waals surface area (Å²) in [5.74, 6) is -0.718. The molecule has 0 amide bonds. The Morgan fingerprint density at radius 3 is 2.00 bits per heavy atom. The molecule has 0 heterocycles. The first kappa shape index (κ1) is 21.2. The third-order valence-corrected chi connectivity index (χ3v) is 4.72. The zero-order chi connectivity index (χ0) is 21.7. The standard InChI is InChI=1S/C22H13Cl2NO5/c23-19-2-1-3-20(24)18(19)12-13-21(26)14-6-10-17(11-7-14)30-22(27)15-4-8-16(9-5-15)25(28)29/h1-13H/b13-12+. The molecule has 0 fully saturated rings. The second-order valence-electron chi connectivity index (χ2n) is 6.05. The quantitative estimate of drug-likeness (QED) is 0.116. The lowest BCUT2D eigenvalue weighted by atomic mass is 10.1. The molecule has 0 saturated heterocycles. The van der Waals surface area contributed by atoms with Gasteiger partial charge < -0.3 is 4.74 Å². The van der Waals surface area contributed by atoms with E-state index in [1.165, 1.54) is 60.7 Å². The summed E-state index contributed by atoms with van der Waals surface area (Å²) < 4.78 is 5.22. The van der Waals surface area contributed by atoms with Gasteiger partial charge in [0, 0.05) is 33.3 Å². The Hall–Kier alpha value is -3.48. The van der Waals surface area contributed by atoms with E-state index < -0.39 is 10.9 Å². The lowest BCUT2D eigenvalue weighted by Gasteiger charge is -2.05. The molecule has 3 rings (SSSR count). The Bertz CT molecular complexity index is 1120. The van der Waals surface area contributed by atoms with E-state index in [9.17, 15) is 19.7 Å². The number of nitro groups is 1. The van der Waals surface area contributed by atoms with Gasteiger partial charge in [0.1, 0.15) is 5.75 Å². The van der Waals surface area contributed by atoms with Crippen LogP contribution in [0.15, 0.2) is 72.8 Å². The number of nitrogens with zero attached hydrogens (tertiary/aromatic N) is 1. The van der Waals surface area contributed by atoms with E-state index >= 15 is 0 Å². The van der Waals surface area contributed by atoms with Crippen LogP contribution in [-0.2, 0) is 0 Å². The van der Waals surface area contributed by atoms with Gasteiger partial charge in [-0.3, -0.25) is 14.9 Å². The average Bonchev–Trinajstić information content (AvgIpc) is 2.73. The van der Waals surface area contributed by atoms with E-state index in [0.29, 0.717) is 21.2 Å². The maximum Gasteiger partial charge on any atom is 0.343 e. The summed E-state index contributed by atoms with van der Waals surface area (Å²) in [5.41, 5.74) is 0.966. The first-order valence-corrected chi connectivity index (χ1v) is 9.34. The highest BCUT2D eigenvalue weighted by Crippen LogP contribution is 2.26.